The Morgan fingerprint density at radius 2 is 1.81 bits per heavy atom. The summed E-state index contributed by atoms with van der Waals surface area (Å²) >= 11 is 0. The SMILES string of the molecule is CCS(=O)(=O)CCN(CCN)CC(F)(F)F. The van der Waals surface area contributed by atoms with Crippen LogP contribution in [-0.2, 0) is 9.84 Å². The van der Waals surface area contributed by atoms with E-state index in [1.807, 2.05) is 0 Å². The Bertz CT molecular complexity index is 290. The highest BCUT2D eigenvalue weighted by molar-refractivity contribution is 7.91. The van der Waals surface area contributed by atoms with Gasteiger partial charge in [-0.25, -0.2) is 8.42 Å². The van der Waals surface area contributed by atoms with Crippen LogP contribution in [0.3, 0.4) is 0 Å². The first-order chi connectivity index (χ1) is 7.20. The summed E-state index contributed by atoms with van der Waals surface area (Å²) < 4.78 is 58.6. The van der Waals surface area contributed by atoms with Crippen LogP contribution in [0.15, 0.2) is 0 Å². The van der Waals surface area contributed by atoms with Gasteiger partial charge in [0.25, 0.3) is 0 Å². The van der Waals surface area contributed by atoms with Crippen LogP contribution in [0, 0.1) is 0 Å². The predicted molar refractivity (Wildman–Crippen MR) is 55.9 cm³/mol. The van der Waals surface area contributed by atoms with Crippen molar-refractivity contribution in [3.63, 3.8) is 0 Å². The van der Waals surface area contributed by atoms with Gasteiger partial charge in [0, 0.05) is 25.4 Å². The smallest absolute Gasteiger partial charge is 0.329 e. The van der Waals surface area contributed by atoms with Crippen LogP contribution in [-0.4, -0.2) is 57.2 Å². The average Bonchev–Trinajstić information content (AvgIpc) is 2.13. The summed E-state index contributed by atoms with van der Waals surface area (Å²) in [7, 11) is -3.24. The first-order valence-corrected chi connectivity index (χ1v) is 6.72. The maximum atomic E-state index is 12.1. The summed E-state index contributed by atoms with van der Waals surface area (Å²) in [5.74, 6) is -0.324. The van der Waals surface area contributed by atoms with Gasteiger partial charge in [-0.3, -0.25) is 4.90 Å². The van der Waals surface area contributed by atoms with E-state index in [0.29, 0.717) is 0 Å². The number of rotatable bonds is 7. The molecule has 0 aliphatic heterocycles. The second-order valence-corrected chi connectivity index (χ2v) is 5.89. The highest BCUT2D eigenvalue weighted by atomic mass is 32.2. The molecule has 0 unspecified atom stereocenters. The zero-order valence-corrected chi connectivity index (χ0v) is 9.94. The molecule has 0 aromatic rings. The largest absolute Gasteiger partial charge is 0.401 e. The Morgan fingerprint density at radius 1 is 1.25 bits per heavy atom. The van der Waals surface area contributed by atoms with E-state index in [4.69, 9.17) is 5.73 Å². The molecule has 0 amide bonds. The number of halogens is 3. The van der Waals surface area contributed by atoms with E-state index in [2.05, 4.69) is 0 Å². The van der Waals surface area contributed by atoms with E-state index in [9.17, 15) is 21.6 Å². The van der Waals surface area contributed by atoms with Crippen molar-refractivity contribution in [1.82, 2.24) is 4.90 Å². The van der Waals surface area contributed by atoms with Crippen LogP contribution in [0.2, 0.25) is 0 Å². The van der Waals surface area contributed by atoms with Crippen molar-refractivity contribution < 1.29 is 21.6 Å². The van der Waals surface area contributed by atoms with Crippen molar-refractivity contribution in [2.24, 2.45) is 5.73 Å². The molecule has 0 aliphatic rings. The normalized spacial score (nSPS) is 13.4. The standard InChI is InChI=1S/C8H17F3N2O2S/c1-2-16(14,15)6-5-13(4-3-12)7-8(9,10)11/h2-7,12H2,1H3. The summed E-state index contributed by atoms with van der Waals surface area (Å²) in [5, 5.41) is 0. The maximum absolute atomic E-state index is 12.1. The van der Waals surface area contributed by atoms with Gasteiger partial charge in [0.15, 0.2) is 9.84 Å². The van der Waals surface area contributed by atoms with Gasteiger partial charge < -0.3 is 5.73 Å². The minimum Gasteiger partial charge on any atom is -0.329 e. The van der Waals surface area contributed by atoms with Gasteiger partial charge in [0.05, 0.1) is 12.3 Å². The van der Waals surface area contributed by atoms with Gasteiger partial charge in [-0.2, -0.15) is 13.2 Å². The molecule has 0 aromatic heterocycles. The summed E-state index contributed by atoms with van der Waals surface area (Å²) in [5.41, 5.74) is 5.16. The minimum atomic E-state index is -4.33. The lowest BCUT2D eigenvalue weighted by atomic mass is 10.4. The topological polar surface area (TPSA) is 63.4 Å². The van der Waals surface area contributed by atoms with Gasteiger partial charge in [0.1, 0.15) is 0 Å². The Labute approximate surface area is 93.5 Å². The van der Waals surface area contributed by atoms with E-state index < -0.39 is 22.6 Å². The fraction of sp³-hybridized carbons (Fsp3) is 1.00. The van der Waals surface area contributed by atoms with Gasteiger partial charge in [-0.05, 0) is 0 Å². The van der Waals surface area contributed by atoms with Crippen LogP contribution in [0.1, 0.15) is 6.92 Å². The first-order valence-electron chi connectivity index (χ1n) is 4.90. The predicted octanol–water partition coefficient (Wildman–Crippen LogP) is 0.244. The lowest BCUT2D eigenvalue weighted by Crippen LogP contribution is -2.40. The van der Waals surface area contributed by atoms with E-state index >= 15 is 0 Å². The van der Waals surface area contributed by atoms with Crippen LogP contribution in [0.5, 0.6) is 0 Å². The molecule has 0 atom stereocenters. The van der Waals surface area contributed by atoms with Crippen molar-refractivity contribution in [2.45, 2.75) is 13.1 Å². The molecule has 0 radical (unpaired) electrons. The molecule has 16 heavy (non-hydrogen) atoms. The van der Waals surface area contributed by atoms with Gasteiger partial charge in [0.2, 0.25) is 0 Å². The molecule has 0 fully saturated rings. The number of alkyl halides is 3. The summed E-state index contributed by atoms with van der Waals surface area (Å²) in [6.45, 7) is 0.323. The van der Waals surface area contributed by atoms with Crippen LogP contribution in [0.4, 0.5) is 13.2 Å². The van der Waals surface area contributed by atoms with Gasteiger partial charge in [-0.1, -0.05) is 6.92 Å². The fourth-order valence-electron chi connectivity index (χ4n) is 1.12. The molecule has 98 valence electrons. The van der Waals surface area contributed by atoms with E-state index in [-0.39, 0.29) is 31.1 Å². The van der Waals surface area contributed by atoms with Crippen molar-refractivity contribution in [2.75, 3.05) is 37.7 Å². The second-order valence-electron chi connectivity index (χ2n) is 3.42. The Kier molecular flexibility index (Phi) is 6.27. The fourth-order valence-corrected chi connectivity index (χ4v) is 1.94. The zero-order valence-electron chi connectivity index (χ0n) is 9.13. The molecule has 0 saturated heterocycles. The third-order valence-corrected chi connectivity index (χ3v) is 3.69. The quantitative estimate of drug-likeness (QED) is 0.714. The molecule has 8 heteroatoms. The number of hydrogen-bond donors (Lipinski definition) is 1. The Hall–Kier alpha value is -0.340. The van der Waals surface area contributed by atoms with E-state index in [1.165, 1.54) is 6.92 Å². The van der Waals surface area contributed by atoms with Crippen LogP contribution in [0.25, 0.3) is 0 Å². The van der Waals surface area contributed by atoms with Crippen molar-refractivity contribution >= 4 is 9.84 Å². The van der Waals surface area contributed by atoms with Crippen LogP contribution >= 0.6 is 0 Å². The number of hydrogen-bond acceptors (Lipinski definition) is 4. The third kappa shape index (κ3) is 7.89. The molecular formula is C8H17F3N2O2S. The molecule has 4 nitrogen and oxygen atoms in total. The second kappa shape index (κ2) is 6.41. The molecular weight excluding hydrogens is 245 g/mol. The number of nitrogens with zero attached hydrogens (tertiary/aromatic N) is 1. The van der Waals surface area contributed by atoms with Crippen LogP contribution < -0.4 is 5.73 Å². The summed E-state index contributed by atoms with van der Waals surface area (Å²) in [6, 6.07) is 0. The Morgan fingerprint density at radius 3 is 2.19 bits per heavy atom. The van der Waals surface area contributed by atoms with Gasteiger partial charge >= 0.3 is 6.18 Å². The van der Waals surface area contributed by atoms with Crippen molar-refractivity contribution in [1.29, 1.82) is 0 Å². The average molecular weight is 262 g/mol. The first kappa shape index (κ1) is 15.7. The molecule has 2 N–H and O–H groups in total. The zero-order chi connectivity index (χ0) is 12.8. The Balaban J connectivity index is 4.24. The van der Waals surface area contributed by atoms with Crippen molar-refractivity contribution in [3.05, 3.63) is 0 Å². The molecule has 0 saturated carbocycles. The lowest BCUT2D eigenvalue weighted by Gasteiger charge is -2.22. The summed E-state index contributed by atoms with van der Waals surface area (Å²) in [6.07, 6.45) is -4.33. The molecule has 0 bridgehead atoms. The van der Waals surface area contributed by atoms with E-state index in [0.717, 1.165) is 4.90 Å². The molecule has 0 heterocycles. The lowest BCUT2D eigenvalue weighted by molar-refractivity contribution is -0.145. The van der Waals surface area contributed by atoms with E-state index in [1.54, 1.807) is 0 Å². The summed E-state index contributed by atoms with van der Waals surface area (Å²) in [4.78, 5) is 1.01. The highest BCUT2D eigenvalue weighted by Crippen LogP contribution is 2.16. The molecule has 0 rings (SSSR count). The number of sulfone groups is 1. The highest BCUT2D eigenvalue weighted by Gasteiger charge is 2.30. The molecule has 0 aliphatic carbocycles. The maximum Gasteiger partial charge on any atom is 0.401 e. The monoisotopic (exact) mass is 262 g/mol. The molecule has 0 spiro atoms. The molecule has 0 aromatic carbocycles. The minimum absolute atomic E-state index is 0.0404. The van der Waals surface area contributed by atoms with Crippen molar-refractivity contribution in [3.8, 4) is 0 Å². The number of nitrogens with two attached hydrogens (primary N) is 1. The third-order valence-electron chi connectivity index (χ3n) is 2.01. The van der Waals surface area contributed by atoms with Gasteiger partial charge in [-0.15, -0.1) is 0 Å².